The Morgan fingerprint density at radius 2 is 1.64 bits per heavy atom. The Morgan fingerprint density at radius 3 is 2.18 bits per heavy atom. The molecule has 0 amide bonds. The Kier molecular flexibility index (Phi) is 11.4. The predicted octanol–water partition coefficient (Wildman–Crippen LogP) is 4.10. The van der Waals surface area contributed by atoms with Crippen LogP contribution in [0.5, 0.6) is 0 Å². The number of halogens is 2. The summed E-state index contributed by atoms with van der Waals surface area (Å²) in [6.45, 7) is 0. The van der Waals surface area contributed by atoms with Crippen molar-refractivity contribution in [2.24, 2.45) is 0 Å². The molecule has 0 bridgehead atoms. The van der Waals surface area contributed by atoms with Gasteiger partial charge in [-0.15, -0.1) is 0 Å². The summed E-state index contributed by atoms with van der Waals surface area (Å²) in [5, 5.41) is 0.983. The predicted molar refractivity (Wildman–Crippen MR) is 64.8 cm³/mol. The molecule has 0 aromatic carbocycles. The van der Waals surface area contributed by atoms with Crippen LogP contribution in [0, 0.1) is 0 Å². The molecule has 0 aromatic rings. The highest BCUT2D eigenvalue weighted by atomic mass is 127. The Balaban J connectivity index is 3.02. The van der Waals surface area contributed by atoms with Gasteiger partial charge in [0, 0.05) is 9.76 Å². The molecule has 0 saturated heterocycles. The Bertz CT molecular complexity index is 105. The van der Waals surface area contributed by atoms with Crippen molar-refractivity contribution in [3.63, 3.8) is 0 Å². The maximum atomic E-state index is 3.34. The van der Waals surface area contributed by atoms with Gasteiger partial charge in [-0.2, -0.15) is 0 Å². The summed E-state index contributed by atoms with van der Waals surface area (Å²) in [5.41, 5.74) is 0. The number of allylic oxidation sites excluding steroid dienone is 4. The third-order valence-electron chi connectivity index (χ3n) is 1.25. The Morgan fingerprint density at radius 1 is 1.00 bits per heavy atom. The molecular weight excluding hydrogens is 315 g/mol. The number of hydrogen-bond acceptors (Lipinski definition) is 0. The van der Waals surface area contributed by atoms with Crippen LogP contribution in [-0.2, 0) is 0 Å². The molecular formula is C9H14BrI. The molecule has 0 rings (SSSR count). The zero-order valence-corrected chi connectivity index (χ0v) is 10.3. The van der Waals surface area contributed by atoms with Crippen LogP contribution in [0.15, 0.2) is 24.3 Å². The third kappa shape index (κ3) is 10.7. The number of hydrogen-bond donors (Lipinski definition) is 0. The fraction of sp³-hybridized carbons (Fsp3) is 0.556. The summed E-state index contributed by atoms with van der Waals surface area (Å²) in [5.74, 6) is 0. The molecule has 0 nitrogen and oxygen atoms in total. The van der Waals surface area contributed by atoms with Crippen molar-refractivity contribution >= 4 is 38.5 Å². The lowest BCUT2D eigenvalue weighted by Gasteiger charge is -1.88. The van der Waals surface area contributed by atoms with Gasteiger partial charge in [0.25, 0.3) is 0 Å². The van der Waals surface area contributed by atoms with Gasteiger partial charge in [-0.05, 0) is 19.3 Å². The number of rotatable bonds is 6. The molecule has 0 unspecified atom stereocenters. The van der Waals surface area contributed by atoms with Crippen molar-refractivity contribution in [3.05, 3.63) is 24.3 Å². The van der Waals surface area contributed by atoms with Crippen molar-refractivity contribution in [1.29, 1.82) is 0 Å². The van der Waals surface area contributed by atoms with Crippen LogP contribution in [0.2, 0.25) is 0 Å². The van der Waals surface area contributed by atoms with Gasteiger partial charge in [0.1, 0.15) is 0 Å². The fourth-order valence-corrected chi connectivity index (χ4v) is 1.34. The highest BCUT2D eigenvalue weighted by molar-refractivity contribution is 14.1. The number of alkyl halides is 2. The van der Waals surface area contributed by atoms with Gasteiger partial charge in [-0.1, -0.05) is 62.8 Å². The summed E-state index contributed by atoms with van der Waals surface area (Å²) in [6, 6.07) is 0. The molecule has 0 fully saturated rings. The van der Waals surface area contributed by atoms with E-state index in [9.17, 15) is 0 Å². The SMILES string of the molecule is BrCC=CCCCC=CCI. The molecule has 0 N–H and O–H groups in total. The second-order valence-electron chi connectivity index (χ2n) is 2.18. The molecule has 64 valence electrons. The maximum Gasteiger partial charge on any atom is 0.0212 e. The first kappa shape index (κ1) is 11.7. The highest BCUT2D eigenvalue weighted by Crippen LogP contribution is 1.98. The van der Waals surface area contributed by atoms with Crippen molar-refractivity contribution in [1.82, 2.24) is 0 Å². The second kappa shape index (κ2) is 10.7. The van der Waals surface area contributed by atoms with Gasteiger partial charge >= 0.3 is 0 Å². The van der Waals surface area contributed by atoms with Gasteiger partial charge in [0.15, 0.2) is 0 Å². The number of unbranched alkanes of at least 4 members (excludes halogenated alkanes) is 2. The van der Waals surface area contributed by atoms with Crippen LogP contribution in [0.4, 0.5) is 0 Å². The zero-order chi connectivity index (χ0) is 8.36. The standard InChI is InChI=1S/C9H14BrI/c10-8-6-4-2-1-3-5-7-9-11/h4-7H,1-3,8-9H2. The quantitative estimate of drug-likeness (QED) is 0.298. The maximum absolute atomic E-state index is 3.34. The van der Waals surface area contributed by atoms with E-state index in [1.807, 2.05) is 0 Å². The van der Waals surface area contributed by atoms with Gasteiger partial charge in [0.2, 0.25) is 0 Å². The summed E-state index contributed by atoms with van der Waals surface area (Å²) in [4.78, 5) is 0. The monoisotopic (exact) mass is 328 g/mol. The molecule has 0 aromatic heterocycles. The normalized spacial score (nSPS) is 11.8. The van der Waals surface area contributed by atoms with Crippen LogP contribution >= 0.6 is 38.5 Å². The zero-order valence-electron chi connectivity index (χ0n) is 6.60. The lowest BCUT2D eigenvalue weighted by atomic mass is 10.2. The smallest absolute Gasteiger partial charge is 0.0212 e. The third-order valence-corrected chi connectivity index (χ3v) is 2.14. The summed E-state index contributed by atoms with van der Waals surface area (Å²) in [6.07, 6.45) is 12.6. The highest BCUT2D eigenvalue weighted by Gasteiger charge is 1.79. The topological polar surface area (TPSA) is 0 Å². The van der Waals surface area contributed by atoms with E-state index in [0.29, 0.717) is 0 Å². The van der Waals surface area contributed by atoms with E-state index in [4.69, 9.17) is 0 Å². The minimum Gasteiger partial charge on any atom is -0.0883 e. The first-order valence-corrected chi connectivity index (χ1v) is 6.48. The van der Waals surface area contributed by atoms with E-state index < -0.39 is 0 Å². The minimum atomic E-state index is 0.983. The van der Waals surface area contributed by atoms with E-state index >= 15 is 0 Å². The molecule has 0 atom stereocenters. The summed E-state index contributed by atoms with van der Waals surface area (Å²) in [7, 11) is 0. The van der Waals surface area contributed by atoms with E-state index in [1.165, 1.54) is 19.3 Å². The van der Waals surface area contributed by atoms with E-state index in [1.54, 1.807) is 0 Å². The van der Waals surface area contributed by atoms with E-state index in [0.717, 1.165) is 9.76 Å². The van der Waals surface area contributed by atoms with Crippen molar-refractivity contribution in [3.8, 4) is 0 Å². The van der Waals surface area contributed by atoms with Gasteiger partial charge < -0.3 is 0 Å². The fourth-order valence-electron chi connectivity index (χ4n) is 0.715. The molecule has 2 heteroatoms. The lowest BCUT2D eigenvalue weighted by Crippen LogP contribution is -1.70. The molecule has 0 aliphatic carbocycles. The average molecular weight is 329 g/mol. The second-order valence-corrected chi connectivity index (χ2v) is 3.71. The molecule has 0 aliphatic heterocycles. The van der Waals surface area contributed by atoms with E-state index in [-0.39, 0.29) is 0 Å². The first-order chi connectivity index (χ1) is 5.41. The molecule has 0 spiro atoms. The van der Waals surface area contributed by atoms with Crippen LogP contribution < -0.4 is 0 Å². The van der Waals surface area contributed by atoms with Crippen molar-refractivity contribution < 1.29 is 0 Å². The Labute approximate surface area is 91.4 Å². The summed E-state index contributed by atoms with van der Waals surface area (Å²) >= 11 is 5.70. The molecule has 0 saturated carbocycles. The molecule has 0 heterocycles. The molecule has 0 aliphatic rings. The van der Waals surface area contributed by atoms with Gasteiger partial charge in [-0.25, -0.2) is 0 Å². The van der Waals surface area contributed by atoms with Crippen LogP contribution in [0.25, 0.3) is 0 Å². The van der Waals surface area contributed by atoms with Crippen molar-refractivity contribution in [2.45, 2.75) is 19.3 Å². The lowest BCUT2D eigenvalue weighted by molar-refractivity contribution is 0.867. The average Bonchev–Trinajstić information content (AvgIpc) is 2.03. The van der Waals surface area contributed by atoms with Crippen molar-refractivity contribution in [2.75, 3.05) is 9.76 Å². The van der Waals surface area contributed by atoms with Crippen LogP contribution in [-0.4, -0.2) is 9.76 Å². The Hall–Kier alpha value is 0.690. The molecule has 0 radical (unpaired) electrons. The van der Waals surface area contributed by atoms with Crippen LogP contribution in [0.1, 0.15) is 19.3 Å². The van der Waals surface area contributed by atoms with Crippen LogP contribution in [0.3, 0.4) is 0 Å². The van der Waals surface area contributed by atoms with Gasteiger partial charge in [-0.3, -0.25) is 0 Å². The van der Waals surface area contributed by atoms with E-state index in [2.05, 4.69) is 62.8 Å². The first-order valence-electron chi connectivity index (χ1n) is 3.83. The largest absolute Gasteiger partial charge is 0.0883 e. The summed E-state index contributed by atoms with van der Waals surface area (Å²) < 4.78 is 1.13. The minimum absolute atomic E-state index is 0.983. The molecule has 11 heavy (non-hydrogen) atoms. The van der Waals surface area contributed by atoms with Gasteiger partial charge in [0.05, 0.1) is 0 Å².